The van der Waals surface area contributed by atoms with E-state index in [0.29, 0.717) is 11.1 Å². The third-order valence-corrected chi connectivity index (χ3v) is 3.33. The van der Waals surface area contributed by atoms with E-state index >= 15 is 0 Å². The van der Waals surface area contributed by atoms with Crippen molar-refractivity contribution < 1.29 is 9.13 Å². The van der Waals surface area contributed by atoms with Crippen molar-refractivity contribution in [3.05, 3.63) is 58.9 Å². The standard InChI is InChI=1S/C15H14BrFO/c1-10-3-6-14(12(7-10)9-16)18-15-8-13(17)5-4-11(15)2/h3-8H,9H2,1-2H3. The molecular formula is C15H14BrFO. The Kier molecular flexibility index (Phi) is 4.02. The van der Waals surface area contributed by atoms with Gasteiger partial charge >= 0.3 is 0 Å². The Morgan fingerprint density at radius 2 is 1.83 bits per heavy atom. The number of halogens is 2. The lowest BCUT2D eigenvalue weighted by Crippen LogP contribution is -1.93. The molecule has 0 saturated heterocycles. The van der Waals surface area contributed by atoms with Crippen LogP contribution in [0.2, 0.25) is 0 Å². The Bertz CT molecular complexity index is 566. The number of rotatable bonds is 3. The molecule has 0 unspecified atom stereocenters. The highest BCUT2D eigenvalue weighted by Crippen LogP contribution is 2.30. The highest BCUT2D eigenvalue weighted by atomic mass is 79.9. The van der Waals surface area contributed by atoms with Gasteiger partial charge in [-0.3, -0.25) is 0 Å². The SMILES string of the molecule is Cc1ccc(Oc2cc(F)ccc2C)c(CBr)c1. The molecule has 0 aliphatic carbocycles. The predicted octanol–water partition coefficient (Wildman–Crippen LogP) is 5.13. The summed E-state index contributed by atoms with van der Waals surface area (Å²) in [5.41, 5.74) is 3.14. The Balaban J connectivity index is 2.36. The van der Waals surface area contributed by atoms with Crippen molar-refractivity contribution in [3.8, 4) is 11.5 Å². The average molecular weight is 309 g/mol. The van der Waals surface area contributed by atoms with Gasteiger partial charge in [-0.25, -0.2) is 4.39 Å². The molecule has 0 heterocycles. The smallest absolute Gasteiger partial charge is 0.133 e. The van der Waals surface area contributed by atoms with Crippen LogP contribution in [0.15, 0.2) is 36.4 Å². The lowest BCUT2D eigenvalue weighted by molar-refractivity contribution is 0.469. The number of hydrogen-bond donors (Lipinski definition) is 0. The quantitative estimate of drug-likeness (QED) is 0.714. The Hall–Kier alpha value is -1.35. The summed E-state index contributed by atoms with van der Waals surface area (Å²) < 4.78 is 19.0. The molecule has 0 spiro atoms. The topological polar surface area (TPSA) is 9.23 Å². The first kappa shape index (κ1) is 13.1. The fourth-order valence-electron chi connectivity index (χ4n) is 1.71. The van der Waals surface area contributed by atoms with E-state index in [2.05, 4.69) is 22.0 Å². The molecular weight excluding hydrogens is 295 g/mol. The molecule has 0 N–H and O–H groups in total. The van der Waals surface area contributed by atoms with E-state index in [-0.39, 0.29) is 5.82 Å². The third-order valence-electron chi connectivity index (χ3n) is 2.73. The lowest BCUT2D eigenvalue weighted by atomic mass is 10.1. The van der Waals surface area contributed by atoms with Crippen molar-refractivity contribution >= 4 is 15.9 Å². The second kappa shape index (κ2) is 5.53. The van der Waals surface area contributed by atoms with Crippen LogP contribution in [-0.2, 0) is 5.33 Å². The lowest BCUT2D eigenvalue weighted by Gasteiger charge is -2.12. The fraction of sp³-hybridized carbons (Fsp3) is 0.200. The van der Waals surface area contributed by atoms with Crippen LogP contribution in [0.25, 0.3) is 0 Å². The van der Waals surface area contributed by atoms with Crippen LogP contribution < -0.4 is 4.74 Å². The second-order valence-electron chi connectivity index (χ2n) is 4.26. The van der Waals surface area contributed by atoms with Gasteiger partial charge in [0.15, 0.2) is 0 Å². The van der Waals surface area contributed by atoms with Crippen LogP contribution in [0, 0.1) is 19.7 Å². The van der Waals surface area contributed by atoms with Crippen molar-refractivity contribution in [2.24, 2.45) is 0 Å². The van der Waals surface area contributed by atoms with Crippen LogP contribution in [0.4, 0.5) is 4.39 Å². The summed E-state index contributed by atoms with van der Waals surface area (Å²) in [5, 5.41) is 0.707. The molecule has 0 radical (unpaired) electrons. The molecule has 18 heavy (non-hydrogen) atoms. The first-order valence-electron chi connectivity index (χ1n) is 5.69. The van der Waals surface area contributed by atoms with E-state index < -0.39 is 0 Å². The summed E-state index contributed by atoms with van der Waals surface area (Å²) in [6, 6.07) is 10.5. The molecule has 0 atom stereocenters. The Morgan fingerprint density at radius 1 is 1.06 bits per heavy atom. The third kappa shape index (κ3) is 2.91. The minimum Gasteiger partial charge on any atom is -0.457 e. The minimum absolute atomic E-state index is 0.289. The van der Waals surface area contributed by atoms with E-state index in [1.807, 2.05) is 26.0 Å². The monoisotopic (exact) mass is 308 g/mol. The van der Waals surface area contributed by atoms with Gasteiger partial charge in [-0.2, -0.15) is 0 Å². The number of hydrogen-bond acceptors (Lipinski definition) is 1. The Morgan fingerprint density at radius 3 is 2.56 bits per heavy atom. The van der Waals surface area contributed by atoms with E-state index in [0.717, 1.165) is 16.9 Å². The number of alkyl halides is 1. The van der Waals surface area contributed by atoms with Gasteiger partial charge in [0.1, 0.15) is 17.3 Å². The van der Waals surface area contributed by atoms with E-state index in [4.69, 9.17) is 4.74 Å². The molecule has 0 aliphatic rings. The van der Waals surface area contributed by atoms with Gasteiger partial charge in [-0.05, 0) is 31.5 Å². The normalized spacial score (nSPS) is 10.4. The largest absolute Gasteiger partial charge is 0.457 e. The molecule has 0 bridgehead atoms. The van der Waals surface area contributed by atoms with Gasteiger partial charge < -0.3 is 4.74 Å². The van der Waals surface area contributed by atoms with Crippen LogP contribution in [0.1, 0.15) is 16.7 Å². The van der Waals surface area contributed by atoms with Crippen LogP contribution in [0.5, 0.6) is 11.5 Å². The molecule has 0 fully saturated rings. The first-order valence-corrected chi connectivity index (χ1v) is 6.82. The van der Waals surface area contributed by atoms with Gasteiger partial charge in [0.25, 0.3) is 0 Å². The first-order chi connectivity index (χ1) is 8.60. The predicted molar refractivity (Wildman–Crippen MR) is 75.0 cm³/mol. The summed E-state index contributed by atoms with van der Waals surface area (Å²) in [4.78, 5) is 0. The molecule has 2 aromatic rings. The zero-order valence-electron chi connectivity index (χ0n) is 10.3. The zero-order valence-corrected chi connectivity index (χ0v) is 11.9. The molecule has 2 rings (SSSR count). The molecule has 0 saturated carbocycles. The fourth-order valence-corrected chi connectivity index (χ4v) is 2.15. The molecule has 1 nitrogen and oxygen atoms in total. The van der Waals surface area contributed by atoms with Crippen molar-refractivity contribution in [3.63, 3.8) is 0 Å². The number of ether oxygens (including phenoxy) is 1. The van der Waals surface area contributed by atoms with Crippen LogP contribution in [0.3, 0.4) is 0 Å². The summed E-state index contributed by atoms with van der Waals surface area (Å²) in [7, 11) is 0. The molecule has 2 aromatic carbocycles. The average Bonchev–Trinajstić information content (AvgIpc) is 2.36. The van der Waals surface area contributed by atoms with Crippen molar-refractivity contribution in [2.45, 2.75) is 19.2 Å². The van der Waals surface area contributed by atoms with E-state index in [9.17, 15) is 4.39 Å². The minimum atomic E-state index is -0.289. The van der Waals surface area contributed by atoms with Gasteiger partial charge in [0, 0.05) is 17.0 Å². The van der Waals surface area contributed by atoms with Crippen LogP contribution in [-0.4, -0.2) is 0 Å². The molecule has 0 aromatic heterocycles. The zero-order chi connectivity index (χ0) is 13.1. The van der Waals surface area contributed by atoms with Gasteiger partial charge in [-0.15, -0.1) is 0 Å². The highest BCUT2D eigenvalue weighted by Gasteiger charge is 2.07. The van der Waals surface area contributed by atoms with E-state index in [1.165, 1.54) is 17.7 Å². The maximum atomic E-state index is 13.2. The molecule has 0 amide bonds. The van der Waals surface area contributed by atoms with Gasteiger partial charge in [0.05, 0.1) is 0 Å². The summed E-state index contributed by atoms with van der Waals surface area (Å²) >= 11 is 3.43. The molecule has 0 aliphatic heterocycles. The van der Waals surface area contributed by atoms with Crippen molar-refractivity contribution in [2.75, 3.05) is 0 Å². The molecule has 94 valence electrons. The van der Waals surface area contributed by atoms with Crippen molar-refractivity contribution in [1.29, 1.82) is 0 Å². The second-order valence-corrected chi connectivity index (χ2v) is 4.82. The van der Waals surface area contributed by atoms with Crippen molar-refractivity contribution in [1.82, 2.24) is 0 Å². The van der Waals surface area contributed by atoms with Gasteiger partial charge in [0.2, 0.25) is 0 Å². The van der Waals surface area contributed by atoms with E-state index in [1.54, 1.807) is 6.07 Å². The maximum absolute atomic E-state index is 13.2. The maximum Gasteiger partial charge on any atom is 0.133 e. The highest BCUT2D eigenvalue weighted by molar-refractivity contribution is 9.08. The number of aryl methyl sites for hydroxylation is 2. The molecule has 3 heteroatoms. The Labute approximate surface area is 115 Å². The summed E-state index contributed by atoms with van der Waals surface area (Å²) in [6.07, 6.45) is 0. The van der Waals surface area contributed by atoms with Crippen LogP contribution >= 0.6 is 15.9 Å². The summed E-state index contributed by atoms with van der Waals surface area (Å²) in [6.45, 7) is 3.93. The van der Waals surface area contributed by atoms with Gasteiger partial charge in [-0.1, -0.05) is 39.7 Å². The summed E-state index contributed by atoms with van der Waals surface area (Å²) in [5.74, 6) is 1.02. The number of benzene rings is 2.